The summed E-state index contributed by atoms with van der Waals surface area (Å²) in [4.78, 5) is 23.4. The largest absolute Gasteiger partial charge is 0.459 e. The second-order valence-electron chi connectivity index (χ2n) is 4.65. The molecule has 7 heteroatoms. The van der Waals surface area contributed by atoms with Crippen molar-refractivity contribution in [2.75, 3.05) is 0 Å². The Morgan fingerprint density at radius 3 is 2.90 bits per heavy atom. The van der Waals surface area contributed by atoms with Gasteiger partial charge in [0.05, 0.1) is 17.1 Å². The van der Waals surface area contributed by atoms with Crippen LogP contribution in [0.1, 0.15) is 12.7 Å². The van der Waals surface area contributed by atoms with Crippen molar-refractivity contribution in [2.24, 2.45) is 5.73 Å². The third-order valence-electron chi connectivity index (χ3n) is 3.28. The lowest BCUT2D eigenvalue weighted by Gasteiger charge is -2.04. The molecule has 104 valence electrons. The number of primary amides is 1. The molecule has 0 saturated heterocycles. The predicted molar refractivity (Wildman–Crippen MR) is 73.4 cm³/mol. The molecule has 20 heavy (non-hydrogen) atoms. The lowest BCUT2D eigenvalue weighted by atomic mass is 10.3. The standard InChI is InChI=1S/C13H14N4O3/c1-3-16-9-4-7(2)20-12(9)8-5-15-17(6-10(14)18)13(19)11(8)16/h4-5H,3,6H2,1-2H3,(H2,14,18). The van der Waals surface area contributed by atoms with Gasteiger partial charge < -0.3 is 14.7 Å². The second kappa shape index (κ2) is 4.22. The van der Waals surface area contributed by atoms with Gasteiger partial charge in [-0.15, -0.1) is 0 Å². The molecule has 0 aliphatic rings. The first-order valence-corrected chi connectivity index (χ1v) is 6.29. The number of nitrogens with two attached hydrogens (primary N) is 1. The highest BCUT2D eigenvalue weighted by molar-refractivity contribution is 6.04. The lowest BCUT2D eigenvalue weighted by molar-refractivity contribution is -0.118. The van der Waals surface area contributed by atoms with E-state index in [0.717, 1.165) is 16.0 Å². The smallest absolute Gasteiger partial charge is 0.291 e. The van der Waals surface area contributed by atoms with Gasteiger partial charge in [-0.3, -0.25) is 9.59 Å². The highest BCUT2D eigenvalue weighted by Gasteiger charge is 2.18. The van der Waals surface area contributed by atoms with Crippen molar-refractivity contribution in [3.05, 3.63) is 28.4 Å². The van der Waals surface area contributed by atoms with E-state index in [1.165, 1.54) is 6.20 Å². The first-order valence-electron chi connectivity index (χ1n) is 6.29. The molecule has 0 fully saturated rings. The lowest BCUT2D eigenvalue weighted by Crippen LogP contribution is -2.30. The Morgan fingerprint density at radius 2 is 2.25 bits per heavy atom. The minimum Gasteiger partial charge on any atom is -0.459 e. The molecule has 2 N–H and O–H groups in total. The molecule has 0 saturated carbocycles. The van der Waals surface area contributed by atoms with Crippen LogP contribution in [0, 0.1) is 6.92 Å². The topological polar surface area (TPSA) is 96.0 Å². The van der Waals surface area contributed by atoms with E-state index in [1.54, 1.807) is 0 Å². The first-order chi connectivity index (χ1) is 9.52. The van der Waals surface area contributed by atoms with Gasteiger partial charge in [0.2, 0.25) is 5.91 Å². The summed E-state index contributed by atoms with van der Waals surface area (Å²) in [6.45, 7) is 4.19. The SMILES string of the molecule is CCn1c2cc(C)oc2c2cnn(CC(N)=O)c(=O)c21. The van der Waals surface area contributed by atoms with Crippen LogP contribution >= 0.6 is 0 Å². The maximum Gasteiger partial charge on any atom is 0.291 e. The Morgan fingerprint density at radius 1 is 1.50 bits per heavy atom. The molecule has 0 aliphatic carbocycles. The number of carbonyl (C=O) groups is 1. The highest BCUT2D eigenvalue weighted by Crippen LogP contribution is 2.28. The van der Waals surface area contributed by atoms with E-state index in [0.29, 0.717) is 23.0 Å². The normalized spacial score (nSPS) is 11.5. The van der Waals surface area contributed by atoms with Gasteiger partial charge in [-0.2, -0.15) is 5.10 Å². The zero-order valence-corrected chi connectivity index (χ0v) is 11.2. The van der Waals surface area contributed by atoms with Gasteiger partial charge in [-0.05, 0) is 13.8 Å². The minimum atomic E-state index is -0.604. The Bertz CT molecular complexity index is 884. The number of aromatic nitrogens is 3. The molecule has 0 atom stereocenters. The molecule has 3 rings (SSSR count). The van der Waals surface area contributed by atoms with Crippen LogP contribution in [0.4, 0.5) is 0 Å². The van der Waals surface area contributed by atoms with E-state index in [9.17, 15) is 9.59 Å². The minimum absolute atomic E-state index is 0.232. The summed E-state index contributed by atoms with van der Waals surface area (Å²) in [5.41, 5.74) is 6.77. The van der Waals surface area contributed by atoms with Crippen LogP contribution in [0.15, 0.2) is 21.5 Å². The van der Waals surface area contributed by atoms with Crippen LogP contribution in [0.3, 0.4) is 0 Å². The van der Waals surface area contributed by atoms with Crippen molar-refractivity contribution in [3.8, 4) is 0 Å². The van der Waals surface area contributed by atoms with Gasteiger partial charge in [0.25, 0.3) is 5.56 Å². The average Bonchev–Trinajstić information content (AvgIpc) is 2.87. The summed E-state index contributed by atoms with van der Waals surface area (Å²) in [6.07, 6.45) is 1.54. The molecule has 1 amide bonds. The molecule has 0 radical (unpaired) electrons. The van der Waals surface area contributed by atoms with Gasteiger partial charge in [0, 0.05) is 12.6 Å². The summed E-state index contributed by atoms with van der Waals surface area (Å²) in [6, 6.07) is 1.89. The van der Waals surface area contributed by atoms with Crippen molar-refractivity contribution in [2.45, 2.75) is 26.9 Å². The van der Waals surface area contributed by atoms with Crippen LogP contribution in [0.5, 0.6) is 0 Å². The number of furan rings is 1. The van der Waals surface area contributed by atoms with Crippen molar-refractivity contribution >= 4 is 27.9 Å². The quantitative estimate of drug-likeness (QED) is 0.762. The summed E-state index contributed by atoms with van der Waals surface area (Å²) in [5, 5.41) is 4.64. The molecule has 3 aromatic rings. The summed E-state index contributed by atoms with van der Waals surface area (Å²) < 4.78 is 8.57. The Kier molecular flexibility index (Phi) is 2.63. The Hall–Kier alpha value is -2.57. The van der Waals surface area contributed by atoms with E-state index in [1.807, 2.05) is 24.5 Å². The maximum atomic E-state index is 12.4. The number of aryl methyl sites for hydroxylation is 2. The summed E-state index contributed by atoms with van der Waals surface area (Å²) >= 11 is 0. The first kappa shape index (κ1) is 12.5. The van der Waals surface area contributed by atoms with E-state index in [-0.39, 0.29) is 12.1 Å². The molecule has 0 aromatic carbocycles. The molecular weight excluding hydrogens is 260 g/mol. The summed E-state index contributed by atoms with van der Waals surface area (Å²) in [5.74, 6) is 0.175. The zero-order valence-electron chi connectivity index (χ0n) is 11.2. The van der Waals surface area contributed by atoms with Crippen molar-refractivity contribution < 1.29 is 9.21 Å². The van der Waals surface area contributed by atoms with Crippen LogP contribution in [-0.4, -0.2) is 20.3 Å². The number of hydrogen-bond donors (Lipinski definition) is 1. The number of rotatable bonds is 3. The van der Waals surface area contributed by atoms with Crippen LogP contribution in [0.25, 0.3) is 22.0 Å². The predicted octanol–water partition coefficient (Wildman–Crippen LogP) is 0.758. The van der Waals surface area contributed by atoms with Gasteiger partial charge in [0.15, 0.2) is 5.58 Å². The highest BCUT2D eigenvalue weighted by atomic mass is 16.3. The zero-order chi connectivity index (χ0) is 14.4. The Labute approximate surface area is 113 Å². The van der Waals surface area contributed by atoms with E-state index >= 15 is 0 Å². The van der Waals surface area contributed by atoms with Gasteiger partial charge in [0.1, 0.15) is 17.8 Å². The van der Waals surface area contributed by atoms with Gasteiger partial charge in [-0.25, -0.2) is 4.68 Å². The van der Waals surface area contributed by atoms with E-state index in [4.69, 9.17) is 10.2 Å². The number of nitrogens with zero attached hydrogens (tertiary/aromatic N) is 3. The summed E-state index contributed by atoms with van der Waals surface area (Å²) in [7, 11) is 0. The Balaban J connectivity index is 2.42. The fourth-order valence-corrected chi connectivity index (χ4v) is 2.51. The third kappa shape index (κ3) is 1.63. The van der Waals surface area contributed by atoms with Crippen molar-refractivity contribution in [3.63, 3.8) is 0 Å². The number of fused-ring (bicyclic) bond motifs is 3. The molecule has 0 bridgehead atoms. The number of carbonyl (C=O) groups excluding carboxylic acids is 1. The molecule has 3 aromatic heterocycles. The molecule has 0 aliphatic heterocycles. The fraction of sp³-hybridized carbons (Fsp3) is 0.308. The molecule has 3 heterocycles. The van der Waals surface area contributed by atoms with E-state index in [2.05, 4.69) is 5.10 Å². The molecule has 0 unspecified atom stereocenters. The molecule has 7 nitrogen and oxygen atoms in total. The third-order valence-corrected chi connectivity index (χ3v) is 3.28. The molecule has 0 spiro atoms. The fourth-order valence-electron chi connectivity index (χ4n) is 2.51. The van der Waals surface area contributed by atoms with Crippen LogP contribution in [0.2, 0.25) is 0 Å². The average molecular weight is 274 g/mol. The van der Waals surface area contributed by atoms with Crippen molar-refractivity contribution in [1.82, 2.24) is 14.3 Å². The number of amides is 1. The second-order valence-corrected chi connectivity index (χ2v) is 4.65. The molecular formula is C13H14N4O3. The van der Waals surface area contributed by atoms with Crippen molar-refractivity contribution in [1.29, 1.82) is 0 Å². The monoisotopic (exact) mass is 274 g/mol. The van der Waals surface area contributed by atoms with Gasteiger partial charge in [-0.1, -0.05) is 0 Å². The number of hydrogen-bond acceptors (Lipinski definition) is 4. The van der Waals surface area contributed by atoms with Crippen LogP contribution in [-0.2, 0) is 17.9 Å². The van der Waals surface area contributed by atoms with E-state index < -0.39 is 5.91 Å². The van der Waals surface area contributed by atoms with Crippen LogP contribution < -0.4 is 11.3 Å². The maximum absolute atomic E-state index is 12.4. The van der Waals surface area contributed by atoms with Gasteiger partial charge >= 0.3 is 0 Å².